The molecule has 15 heavy (non-hydrogen) atoms. The van der Waals surface area contributed by atoms with Gasteiger partial charge in [0.15, 0.2) is 0 Å². The lowest BCUT2D eigenvalue weighted by Gasteiger charge is -2.07. The summed E-state index contributed by atoms with van der Waals surface area (Å²) < 4.78 is 5.09. The molecule has 0 aromatic heterocycles. The smallest absolute Gasteiger partial charge is 0.319 e. The van der Waals surface area contributed by atoms with Crippen molar-refractivity contribution in [2.45, 2.75) is 39.5 Å². The van der Waals surface area contributed by atoms with Gasteiger partial charge in [-0.15, -0.1) is 0 Å². The van der Waals surface area contributed by atoms with Crippen LogP contribution in [0.25, 0.3) is 0 Å². The summed E-state index contributed by atoms with van der Waals surface area (Å²) in [4.78, 5) is 11.2. The number of rotatable bonds is 8. The normalized spacial score (nSPS) is 15.7. The van der Waals surface area contributed by atoms with E-state index in [0.717, 1.165) is 25.3 Å². The number of nitrogens with one attached hydrogen (secondary N) is 1. The van der Waals surface area contributed by atoms with Gasteiger partial charge in [0.25, 0.3) is 0 Å². The van der Waals surface area contributed by atoms with Crippen LogP contribution in [0, 0.1) is 11.8 Å². The minimum absolute atomic E-state index is 0.112. The average Bonchev–Trinajstić information content (AvgIpc) is 2.96. The van der Waals surface area contributed by atoms with Crippen LogP contribution in [0.15, 0.2) is 0 Å². The van der Waals surface area contributed by atoms with Gasteiger partial charge < -0.3 is 10.1 Å². The second kappa shape index (κ2) is 6.83. The van der Waals surface area contributed by atoms with Crippen molar-refractivity contribution in [2.75, 3.05) is 19.7 Å². The molecule has 3 nitrogen and oxygen atoms in total. The fourth-order valence-corrected chi connectivity index (χ4v) is 1.43. The van der Waals surface area contributed by atoms with Crippen molar-refractivity contribution in [3.63, 3.8) is 0 Å². The van der Waals surface area contributed by atoms with Gasteiger partial charge in [-0.3, -0.25) is 4.79 Å². The lowest BCUT2D eigenvalue weighted by atomic mass is 10.1. The maximum Gasteiger partial charge on any atom is 0.319 e. The minimum atomic E-state index is -0.112. The summed E-state index contributed by atoms with van der Waals surface area (Å²) in [6.45, 7) is 6.28. The van der Waals surface area contributed by atoms with Gasteiger partial charge in [-0.2, -0.15) is 0 Å². The summed E-state index contributed by atoms with van der Waals surface area (Å²) in [7, 11) is 0. The molecule has 1 aliphatic carbocycles. The van der Waals surface area contributed by atoms with Gasteiger partial charge >= 0.3 is 5.97 Å². The van der Waals surface area contributed by atoms with E-state index in [1.54, 1.807) is 0 Å². The van der Waals surface area contributed by atoms with Crippen LogP contribution in [0.1, 0.15) is 39.5 Å². The molecule has 1 aliphatic rings. The highest BCUT2D eigenvalue weighted by Crippen LogP contribution is 2.27. The Hall–Kier alpha value is -0.570. The Bertz CT molecular complexity index is 188. The quantitative estimate of drug-likeness (QED) is 0.495. The third kappa shape index (κ3) is 7.37. The molecule has 1 fully saturated rings. The van der Waals surface area contributed by atoms with Crippen LogP contribution in [0.2, 0.25) is 0 Å². The van der Waals surface area contributed by atoms with Gasteiger partial charge in [0.2, 0.25) is 0 Å². The van der Waals surface area contributed by atoms with E-state index in [-0.39, 0.29) is 5.97 Å². The van der Waals surface area contributed by atoms with Crippen molar-refractivity contribution in [1.29, 1.82) is 0 Å². The fourth-order valence-electron chi connectivity index (χ4n) is 1.43. The van der Waals surface area contributed by atoms with E-state index in [1.165, 1.54) is 12.8 Å². The average molecular weight is 213 g/mol. The van der Waals surface area contributed by atoms with Gasteiger partial charge in [0.1, 0.15) is 0 Å². The summed E-state index contributed by atoms with van der Waals surface area (Å²) in [5.41, 5.74) is 0. The van der Waals surface area contributed by atoms with Gasteiger partial charge in [-0.05, 0) is 44.1 Å². The Labute approximate surface area is 92.6 Å². The maximum absolute atomic E-state index is 11.2. The predicted molar refractivity (Wildman–Crippen MR) is 60.6 cm³/mol. The number of carbonyl (C=O) groups excluding carboxylic acids is 1. The number of hydrogen-bond acceptors (Lipinski definition) is 3. The van der Waals surface area contributed by atoms with E-state index in [1.807, 2.05) is 0 Å². The van der Waals surface area contributed by atoms with Crippen LogP contribution >= 0.6 is 0 Å². The third-order valence-electron chi connectivity index (χ3n) is 2.59. The molecule has 0 atom stereocenters. The topological polar surface area (TPSA) is 38.3 Å². The first kappa shape index (κ1) is 12.5. The molecule has 0 spiro atoms. The van der Waals surface area contributed by atoms with Crippen molar-refractivity contribution in [3.05, 3.63) is 0 Å². The summed E-state index contributed by atoms with van der Waals surface area (Å²) in [6, 6.07) is 0. The lowest BCUT2D eigenvalue weighted by Crippen LogP contribution is -2.26. The van der Waals surface area contributed by atoms with Crippen LogP contribution in [0.3, 0.4) is 0 Å². The van der Waals surface area contributed by atoms with Gasteiger partial charge in [-0.1, -0.05) is 13.8 Å². The first-order valence-electron chi connectivity index (χ1n) is 6.05. The van der Waals surface area contributed by atoms with Crippen LogP contribution in [-0.2, 0) is 9.53 Å². The maximum atomic E-state index is 11.2. The molecule has 88 valence electrons. The van der Waals surface area contributed by atoms with Crippen molar-refractivity contribution < 1.29 is 9.53 Å². The van der Waals surface area contributed by atoms with E-state index in [0.29, 0.717) is 19.1 Å². The van der Waals surface area contributed by atoms with E-state index in [4.69, 9.17) is 4.74 Å². The highest BCUT2D eigenvalue weighted by Gasteiger charge is 2.20. The van der Waals surface area contributed by atoms with Crippen molar-refractivity contribution in [3.8, 4) is 0 Å². The molecule has 0 radical (unpaired) electrons. The SMILES string of the molecule is CC(C)CCCOC(=O)CNCC1CC1. The van der Waals surface area contributed by atoms with E-state index >= 15 is 0 Å². The minimum Gasteiger partial charge on any atom is -0.465 e. The summed E-state index contributed by atoms with van der Waals surface area (Å²) in [5.74, 6) is 1.40. The van der Waals surface area contributed by atoms with Gasteiger partial charge in [0, 0.05) is 0 Å². The Morgan fingerprint density at radius 2 is 2.20 bits per heavy atom. The van der Waals surface area contributed by atoms with Gasteiger partial charge in [-0.25, -0.2) is 0 Å². The van der Waals surface area contributed by atoms with Crippen molar-refractivity contribution >= 4 is 5.97 Å². The van der Waals surface area contributed by atoms with E-state index < -0.39 is 0 Å². The molecule has 0 amide bonds. The fraction of sp³-hybridized carbons (Fsp3) is 0.917. The Morgan fingerprint density at radius 1 is 1.47 bits per heavy atom. The first-order chi connectivity index (χ1) is 7.18. The number of hydrogen-bond donors (Lipinski definition) is 1. The molecule has 0 aromatic carbocycles. The molecule has 0 aliphatic heterocycles. The van der Waals surface area contributed by atoms with Crippen LogP contribution in [0.4, 0.5) is 0 Å². The zero-order chi connectivity index (χ0) is 11.1. The highest BCUT2D eigenvalue weighted by molar-refractivity contribution is 5.71. The molecule has 0 heterocycles. The molecule has 1 saturated carbocycles. The molecule has 0 bridgehead atoms. The molecule has 1 rings (SSSR count). The molecular weight excluding hydrogens is 190 g/mol. The molecule has 0 aromatic rings. The number of carbonyl (C=O) groups is 1. The standard InChI is InChI=1S/C12H23NO2/c1-10(2)4-3-7-15-12(14)9-13-8-11-5-6-11/h10-11,13H,3-9H2,1-2H3. The van der Waals surface area contributed by atoms with Crippen LogP contribution < -0.4 is 5.32 Å². The van der Waals surface area contributed by atoms with Crippen LogP contribution in [-0.4, -0.2) is 25.7 Å². The number of ether oxygens (including phenoxy) is 1. The highest BCUT2D eigenvalue weighted by atomic mass is 16.5. The number of esters is 1. The summed E-state index contributed by atoms with van der Waals surface area (Å²) >= 11 is 0. The van der Waals surface area contributed by atoms with Crippen molar-refractivity contribution in [1.82, 2.24) is 5.32 Å². The monoisotopic (exact) mass is 213 g/mol. The summed E-state index contributed by atoms with van der Waals surface area (Å²) in [5, 5.41) is 3.12. The van der Waals surface area contributed by atoms with Gasteiger partial charge in [0.05, 0.1) is 13.2 Å². The third-order valence-corrected chi connectivity index (χ3v) is 2.59. The molecule has 3 heteroatoms. The lowest BCUT2D eigenvalue weighted by molar-refractivity contribution is -0.142. The van der Waals surface area contributed by atoms with E-state index in [9.17, 15) is 4.79 Å². The van der Waals surface area contributed by atoms with E-state index in [2.05, 4.69) is 19.2 Å². The summed E-state index contributed by atoms with van der Waals surface area (Å²) in [6.07, 6.45) is 4.74. The second-order valence-electron chi connectivity index (χ2n) is 4.83. The second-order valence-corrected chi connectivity index (χ2v) is 4.83. The Morgan fingerprint density at radius 3 is 2.80 bits per heavy atom. The Balaban J connectivity index is 1.84. The first-order valence-corrected chi connectivity index (χ1v) is 6.05. The zero-order valence-electron chi connectivity index (χ0n) is 9.92. The van der Waals surface area contributed by atoms with Crippen LogP contribution in [0.5, 0.6) is 0 Å². The molecule has 0 unspecified atom stereocenters. The Kier molecular flexibility index (Phi) is 5.69. The molecule has 0 saturated heterocycles. The largest absolute Gasteiger partial charge is 0.465 e. The molecule has 1 N–H and O–H groups in total. The molecular formula is C12H23NO2. The zero-order valence-corrected chi connectivity index (χ0v) is 9.92. The predicted octanol–water partition coefficient (Wildman–Crippen LogP) is 1.97. The van der Waals surface area contributed by atoms with Crippen molar-refractivity contribution in [2.24, 2.45) is 11.8 Å².